The van der Waals surface area contributed by atoms with Crippen molar-refractivity contribution in [1.82, 2.24) is 0 Å². The zero-order valence-electron chi connectivity index (χ0n) is 50.6. The highest BCUT2D eigenvalue weighted by atomic mass is 16.6. The van der Waals surface area contributed by atoms with Crippen molar-refractivity contribution in [3.8, 4) is 0 Å². The van der Waals surface area contributed by atoms with Gasteiger partial charge in [-0.2, -0.15) is 0 Å². The van der Waals surface area contributed by atoms with Crippen LogP contribution in [0, 0.1) is 0 Å². The van der Waals surface area contributed by atoms with Crippen LogP contribution in [0.3, 0.4) is 0 Å². The first-order chi connectivity index (χ1) is 37.0. The molecule has 0 aromatic rings. The Morgan fingerprint density at radius 1 is 0.280 bits per heavy atom. The lowest BCUT2D eigenvalue weighted by Crippen LogP contribution is -2.30. The van der Waals surface area contributed by atoms with Crippen LogP contribution in [0.15, 0.2) is 36.5 Å². The standard InChI is InChI=1S/C69H128O6/c1-4-7-10-13-16-19-21-23-25-26-27-28-29-30-31-32-33-34-35-36-37-38-39-40-41-42-44-45-47-50-53-56-59-62-68(71)74-65-66(64-73-67(70)61-58-55-52-49-18-15-12-9-6-3)75-69(72)63-60-57-54-51-48-46-43-24-22-20-17-14-11-8-5-2/h8,11,17,20,24,43,66H,4-7,9-10,12-16,18-19,21-23,25-42,44-65H2,1-3H3/b11-8-,20-17-,43-24-. The van der Waals surface area contributed by atoms with Gasteiger partial charge in [-0.15, -0.1) is 0 Å². The Morgan fingerprint density at radius 3 is 0.813 bits per heavy atom. The van der Waals surface area contributed by atoms with E-state index in [9.17, 15) is 14.4 Å². The fourth-order valence-corrected chi connectivity index (χ4v) is 10.2. The predicted octanol–water partition coefficient (Wildman–Crippen LogP) is 22.8. The van der Waals surface area contributed by atoms with Crippen molar-refractivity contribution in [2.24, 2.45) is 0 Å². The number of rotatable bonds is 62. The molecule has 0 aliphatic heterocycles. The summed E-state index contributed by atoms with van der Waals surface area (Å²) in [5, 5.41) is 0. The number of hydrogen-bond donors (Lipinski definition) is 0. The zero-order chi connectivity index (χ0) is 54.3. The van der Waals surface area contributed by atoms with Crippen molar-refractivity contribution in [2.45, 2.75) is 374 Å². The average Bonchev–Trinajstić information content (AvgIpc) is 3.41. The lowest BCUT2D eigenvalue weighted by molar-refractivity contribution is -0.167. The molecule has 1 atom stereocenters. The van der Waals surface area contributed by atoms with Gasteiger partial charge in [-0.3, -0.25) is 14.4 Å². The molecule has 0 aromatic heterocycles. The third-order valence-electron chi connectivity index (χ3n) is 15.2. The van der Waals surface area contributed by atoms with Gasteiger partial charge in [-0.05, 0) is 51.4 Å². The van der Waals surface area contributed by atoms with Crippen LogP contribution >= 0.6 is 0 Å². The molecule has 0 bridgehead atoms. The molecule has 1 unspecified atom stereocenters. The fourth-order valence-electron chi connectivity index (χ4n) is 10.2. The molecule has 0 aliphatic carbocycles. The Bertz CT molecular complexity index is 1250. The maximum atomic E-state index is 12.8. The second kappa shape index (κ2) is 64.2. The Hall–Kier alpha value is -2.37. The van der Waals surface area contributed by atoms with E-state index in [1.807, 2.05) is 0 Å². The summed E-state index contributed by atoms with van der Waals surface area (Å²) in [6.07, 6.45) is 79.2. The van der Waals surface area contributed by atoms with Crippen molar-refractivity contribution in [1.29, 1.82) is 0 Å². The molecule has 0 saturated carbocycles. The highest BCUT2D eigenvalue weighted by Crippen LogP contribution is 2.19. The molecule has 75 heavy (non-hydrogen) atoms. The topological polar surface area (TPSA) is 78.9 Å². The zero-order valence-corrected chi connectivity index (χ0v) is 50.6. The predicted molar refractivity (Wildman–Crippen MR) is 326 cm³/mol. The first-order valence-electron chi connectivity index (χ1n) is 33.5. The van der Waals surface area contributed by atoms with E-state index in [0.29, 0.717) is 19.3 Å². The minimum Gasteiger partial charge on any atom is -0.462 e. The van der Waals surface area contributed by atoms with Gasteiger partial charge in [-0.1, -0.05) is 333 Å². The van der Waals surface area contributed by atoms with E-state index in [4.69, 9.17) is 14.2 Å². The minimum absolute atomic E-state index is 0.0747. The van der Waals surface area contributed by atoms with E-state index >= 15 is 0 Å². The quantitative estimate of drug-likeness (QED) is 0.0261. The van der Waals surface area contributed by atoms with E-state index in [1.54, 1.807) is 0 Å². The molecule has 0 radical (unpaired) electrons. The van der Waals surface area contributed by atoms with Crippen molar-refractivity contribution in [2.75, 3.05) is 13.2 Å². The Labute approximate surface area is 467 Å². The average molecular weight is 1050 g/mol. The molecule has 0 N–H and O–H groups in total. The van der Waals surface area contributed by atoms with Gasteiger partial charge in [0.1, 0.15) is 13.2 Å². The normalized spacial score (nSPS) is 12.2. The molecule has 0 aromatic carbocycles. The van der Waals surface area contributed by atoms with Crippen LogP contribution < -0.4 is 0 Å². The molecular formula is C69H128O6. The summed E-state index contributed by atoms with van der Waals surface area (Å²) in [6.45, 7) is 6.55. The molecule has 0 spiro atoms. The Kier molecular flexibility index (Phi) is 62.1. The second-order valence-electron chi connectivity index (χ2n) is 22.7. The Morgan fingerprint density at radius 2 is 0.520 bits per heavy atom. The van der Waals surface area contributed by atoms with Crippen LogP contribution in [0.5, 0.6) is 0 Å². The molecule has 6 nitrogen and oxygen atoms in total. The maximum absolute atomic E-state index is 12.8. The first kappa shape index (κ1) is 72.6. The van der Waals surface area contributed by atoms with Crippen molar-refractivity contribution >= 4 is 17.9 Å². The highest BCUT2D eigenvalue weighted by molar-refractivity contribution is 5.71. The number of hydrogen-bond acceptors (Lipinski definition) is 6. The molecular weight excluding hydrogens is 925 g/mol. The van der Waals surface area contributed by atoms with E-state index in [0.717, 1.165) is 96.3 Å². The first-order valence-corrected chi connectivity index (χ1v) is 33.5. The van der Waals surface area contributed by atoms with Gasteiger partial charge in [0, 0.05) is 19.3 Å². The lowest BCUT2D eigenvalue weighted by Gasteiger charge is -2.18. The van der Waals surface area contributed by atoms with Crippen LogP contribution in [0.25, 0.3) is 0 Å². The molecule has 440 valence electrons. The van der Waals surface area contributed by atoms with E-state index in [2.05, 4.69) is 57.2 Å². The third kappa shape index (κ3) is 62.4. The monoisotopic (exact) mass is 1050 g/mol. The van der Waals surface area contributed by atoms with Gasteiger partial charge in [0.05, 0.1) is 0 Å². The molecule has 6 heteroatoms. The van der Waals surface area contributed by atoms with Crippen LogP contribution in [0.4, 0.5) is 0 Å². The molecule has 0 aliphatic rings. The number of allylic oxidation sites excluding steroid dienone is 6. The van der Waals surface area contributed by atoms with Crippen LogP contribution in [-0.4, -0.2) is 37.2 Å². The van der Waals surface area contributed by atoms with E-state index < -0.39 is 6.10 Å². The van der Waals surface area contributed by atoms with Crippen molar-refractivity contribution in [3.63, 3.8) is 0 Å². The summed E-state index contributed by atoms with van der Waals surface area (Å²) in [4.78, 5) is 38.1. The van der Waals surface area contributed by atoms with Gasteiger partial charge in [-0.25, -0.2) is 0 Å². The SMILES string of the molecule is CC/C=C\C/C=C\C/C=C\CCCCCCCC(=O)OC(COC(=O)CCCCCCCCCCC)COC(=O)CCCCCCCCCCCCCCCCCCCCCCCCCCCCCCCCCCC. The molecule has 0 saturated heterocycles. The molecule has 0 fully saturated rings. The summed E-state index contributed by atoms with van der Waals surface area (Å²) in [7, 11) is 0. The highest BCUT2D eigenvalue weighted by Gasteiger charge is 2.19. The van der Waals surface area contributed by atoms with Crippen molar-refractivity contribution in [3.05, 3.63) is 36.5 Å². The number of ether oxygens (including phenoxy) is 3. The summed E-state index contributed by atoms with van der Waals surface area (Å²) in [5.74, 6) is -0.874. The largest absolute Gasteiger partial charge is 0.462 e. The van der Waals surface area contributed by atoms with Gasteiger partial charge in [0.2, 0.25) is 0 Å². The lowest BCUT2D eigenvalue weighted by atomic mass is 10.0. The van der Waals surface area contributed by atoms with Gasteiger partial charge >= 0.3 is 17.9 Å². The van der Waals surface area contributed by atoms with Gasteiger partial charge in [0.25, 0.3) is 0 Å². The number of carbonyl (C=O) groups is 3. The fraction of sp³-hybridized carbons (Fsp3) is 0.870. The van der Waals surface area contributed by atoms with Crippen molar-refractivity contribution < 1.29 is 28.6 Å². The van der Waals surface area contributed by atoms with E-state index in [1.165, 1.54) is 231 Å². The van der Waals surface area contributed by atoms with Crippen LogP contribution in [-0.2, 0) is 28.6 Å². The maximum Gasteiger partial charge on any atom is 0.306 e. The molecule has 0 heterocycles. The van der Waals surface area contributed by atoms with E-state index in [-0.39, 0.29) is 31.1 Å². The summed E-state index contributed by atoms with van der Waals surface area (Å²) in [5.41, 5.74) is 0. The molecule has 0 amide bonds. The number of unbranched alkanes of at least 4 members (excludes halogenated alkanes) is 45. The van der Waals surface area contributed by atoms with Crippen LogP contribution in [0.1, 0.15) is 367 Å². The summed E-state index contributed by atoms with van der Waals surface area (Å²) < 4.78 is 16.9. The third-order valence-corrected chi connectivity index (χ3v) is 15.2. The number of esters is 3. The van der Waals surface area contributed by atoms with Crippen LogP contribution in [0.2, 0.25) is 0 Å². The Balaban J connectivity index is 3.99. The number of carbonyl (C=O) groups excluding carboxylic acids is 3. The minimum atomic E-state index is -0.777. The second-order valence-corrected chi connectivity index (χ2v) is 22.7. The summed E-state index contributed by atoms with van der Waals surface area (Å²) in [6, 6.07) is 0. The van der Waals surface area contributed by atoms with Gasteiger partial charge in [0.15, 0.2) is 6.10 Å². The summed E-state index contributed by atoms with van der Waals surface area (Å²) >= 11 is 0. The smallest absolute Gasteiger partial charge is 0.306 e. The molecule has 0 rings (SSSR count). The van der Waals surface area contributed by atoms with Gasteiger partial charge < -0.3 is 14.2 Å².